The molecule has 2 atom stereocenters. The lowest BCUT2D eigenvalue weighted by Gasteiger charge is -2.41. The Morgan fingerprint density at radius 3 is 2.74 bits per heavy atom. The summed E-state index contributed by atoms with van der Waals surface area (Å²) in [6.45, 7) is 3.81. The Morgan fingerprint density at radius 1 is 1.48 bits per heavy atom. The normalized spacial score (nSPS) is 20.9. The van der Waals surface area contributed by atoms with Crippen molar-refractivity contribution in [3.8, 4) is 6.07 Å². The lowest BCUT2D eigenvalue weighted by molar-refractivity contribution is -0.155. The van der Waals surface area contributed by atoms with Crippen molar-refractivity contribution in [3.05, 3.63) is 34.5 Å². The Hall–Kier alpha value is -2.53. The molecule has 8 heteroatoms. The smallest absolute Gasteiger partial charge is 0.417 e. The van der Waals surface area contributed by atoms with Crippen molar-refractivity contribution in [3.63, 3.8) is 0 Å². The number of aromatic nitrogens is 1. The van der Waals surface area contributed by atoms with Gasteiger partial charge in [-0.05, 0) is 30.0 Å². The first-order chi connectivity index (χ1) is 12.7. The SMILES string of the molecule is CCC(C)[C@@]1(CC(=O)O)OCCc2c1[nH]c1c(C#N)ccc(C(F)(F)F)c21. The van der Waals surface area contributed by atoms with Crippen LogP contribution in [0.4, 0.5) is 13.2 Å². The number of alkyl halides is 3. The summed E-state index contributed by atoms with van der Waals surface area (Å²) in [6, 6.07) is 3.96. The molecular formula is C19H19F3N2O3. The summed E-state index contributed by atoms with van der Waals surface area (Å²) in [4.78, 5) is 14.5. The van der Waals surface area contributed by atoms with Gasteiger partial charge in [-0.3, -0.25) is 4.79 Å². The molecule has 0 bridgehead atoms. The van der Waals surface area contributed by atoms with Crippen LogP contribution in [0.15, 0.2) is 12.1 Å². The zero-order valence-corrected chi connectivity index (χ0v) is 14.9. The van der Waals surface area contributed by atoms with E-state index in [-0.39, 0.29) is 41.8 Å². The fourth-order valence-corrected chi connectivity index (χ4v) is 3.98. The molecule has 27 heavy (non-hydrogen) atoms. The van der Waals surface area contributed by atoms with Crippen molar-refractivity contribution in [2.45, 2.75) is 44.9 Å². The van der Waals surface area contributed by atoms with Crippen LogP contribution in [0.25, 0.3) is 10.9 Å². The van der Waals surface area contributed by atoms with E-state index in [0.29, 0.717) is 17.7 Å². The third-order valence-electron chi connectivity index (χ3n) is 5.44. The van der Waals surface area contributed by atoms with Gasteiger partial charge in [0.2, 0.25) is 0 Å². The van der Waals surface area contributed by atoms with Crippen molar-refractivity contribution < 1.29 is 27.8 Å². The highest BCUT2D eigenvalue weighted by Gasteiger charge is 2.47. The van der Waals surface area contributed by atoms with E-state index in [1.165, 1.54) is 0 Å². The van der Waals surface area contributed by atoms with E-state index >= 15 is 0 Å². The van der Waals surface area contributed by atoms with E-state index in [1.807, 2.05) is 19.9 Å². The standard InChI is InChI=1S/C19H19F3N2O3/c1-3-10(2)18(8-14(25)26)17-12(6-7-27-18)15-13(19(20,21)22)5-4-11(9-23)16(15)24-17/h4-5,10,24H,3,6-8H2,1-2H3,(H,25,26)/t10?,18-/m1/s1. The summed E-state index contributed by atoms with van der Waals surface area (Å²) in [6.07, 6.45) is -4.16. The molecule has 5 nitrogen and oxygen atoms in total. The van der Waals surface area contributed by atoms with Gasteiger partial charge in [0, 0.05) is 5.39 Å². The molecule has 3 rings (SSSR count). The topological polar surface area (TPSA) is 86.1 Å². The number of carboxylic acids is 1. The van der Waals surface area contributed by atoms with Crippen molar-refractivity contribution in [1.29, 1.82) is 5.26 Å². The number of ether oxygens (including phenoxy) is 1. The number of aliphatic carboxylic acids is 1. The maximum atomic E-state index is 13.6. The molecule has 0 spiro atoms. The van der Waals surface area contributed by atoms with Crippen molar-refractivity contribution in [2.75, 3.05) is 6.61 Å². The summed E-state index contributed by atoms with van der Waals surface area (Å²) in [5.41, 5.74) is -1.19. The Bertz CT molecular complexity index is 942. The molecule has 2 heterocycles. The maximum absolute atomic E-state index is 13.6. The first kappa shape index (κ1) is 19.2. The van der Waals surface area contributed by atoms with Crippen LogP contribution in [0.5, 0.6) is 0 Å². The second-order valence-electron chi connectivity index (χ2n) is 6.87. The third kappa shape index (κ3) is 2.96. The quantitative estimate of drug-likeness (QED) is 0.826. The summed E-state index contributed by atoms with van der Waals surface area (Å²) >= 11 is 0. The molecule has 2 N–H and O–H groups in total. The summed E-state index contributed by atoms with van der Waals surface area (Å²) in [7, 11) is 0. The number of halogens is 3. The molecule has 1 aromatic heterocycles. The molecule has 0 saturated carbocycles. The van der Waals surface area contributed by atoms with Gasteiger partial charge in [-0.25, -0.2) is 0 Å². The third-order valence-corrected chi connectivity index (χ3v) is 5.44. The number of nitrogens with zero attached hydrogens (tertiary/aromatic N) is 1. The number of carboxylic acid groups (broad SMARTS) is 1. The lowest BCUT2D eigenvalue weighted by atomic mass is 9.77. The van der Waals surface area contributed by atoms with Crippen LogP contribution in [0.1, 0.15) is 49.1 Å². The summed E-state index contributed by atoms with van der Waals surface area (Å²) < 4.78 is 46.7. The predicted molar refractivity (Wildman–Crippen MR) is 91.1 cm³/mol. The number of benzene rings is 1. The minimum absolute atomic E-state index is 0.0575. The van der Waals surface area contributed by atoms with Gasteiger partial charge in [-0.15, -0.1) is 0 Å². The Kier molecular flexibility index (Phi) is 4.68. The summed E-state index contributed by atoms with van der Waals surface area (Å²) in [5, 5.41) is 18.7. The molecule has 0 aliphatic carbocycles. The first-order valence-corrected chi connectivity index (χ1v) is 8.66. The lowest BCUT2D eigenvalue weighted by Crippen LogP contribution is -2.43. The Balaban J connectivity index is 2.40. The van der Waals surface area contributed by atoms with Crippen molar-refractivity contribution >= 4 is 16.9 Å². The van der Waals surface area contributed by atoms with E-state index < -0.39 is 23.3 Å². The van der Waals surface area contributed by atoms with E-state index in [0.717, 1.165) is 12.1 Å². The van der Waals surface area contributed by atoms with Crippen LogP contribution in [0.3, 0.4) is 0 Å². The number of nitriles is 1. The van der Waals surface area contributed by atoms with Gasteiger partial charge in [0.15, 0.2) is 0 Å². The van der Waals surface area contributed by atoms with Gasteiger partial charge in [-0.2, -0.15) is 18.4 Å². The van der Waals surface area contributed by atoms with Crippen LogP contribution in [-0.4, -0.2) is 22.7 Å². The molecule has 1 aliphatic rings. The Morgan fingerprint density at radius 2 is 2.19 bits per heavy atom. The van der Waals surface area contributed by atoms with Gasteiger partial charge in [0.1, 0.15) is 11.7 Å². The number of hydrogen-bond acceptors (Lipinski definition) is 3. The van der Waals surface area contributed by atoms with Gasteiger partial charge in [0.25, 0.3) is 0 Å². The highest BCUT2D eigenvalue weighted by atomic mass is 19.4. The van der Waals surface area contributed by atoms with Crippen LogP contribution in [0, 0.1) is 17.2 Å². The molecule has 1 aromatic carbocycles. The second-order valence-corrected chi connectivity index (χ2v) is 6.87. The highest BCUT2D eigenvalue weighted by Crippen LogP contribution is 2.48. The fourth-order valence-electron chi connectivity index (χ4n) is 3.98. The number of carbonyl (C=O) groups is 1. The number of fused-ring (bicyclic) bond motifs is 3. The molecule has 2 aromatic rings. The molecule has 0 saturated heterocycles. The molecular weight excluding hydrogens is 361 g/mol. The van der Waals surface area contributed by atoms with Gasteiger partial charge in [-0.1, -0.05) is 20.3 Å². The first-order valence-electron chi connectivity index (χ1n) is 8.66. The average Bonchev–Trinajstić information content (AvgIpc) is 2.99. The molecule has 144 valence electrons. The van der Waals surface area contributed by atoms with Crippen LogP contribution in [-0.2, 0) is 27.7 Å². The van der Waals surface area contributed by atoms with Crippen LogP contribution >= 0.6 is 0 Å². The highest BCUT2D eigenvalue weighted by molar-refractivity contribution is 5.93. The molecule has 1 aliphatic heterocycles. The molecule has 1 unspecified atom stereocenters. The van der Waals surface area contributed by atoms with Crippen molar-refractivity contribution in [2.24, 2.45) is 5.92 Å². The Labute approximate surface area is 153 Å². The average molecular weight is 380 g/mol. The zero-order valence-electron chi connectivity index (χ0n) is 14.9. The van der Waals surface area contributed by atoms with E-state index in [4.69, 9.17) is 4.74 Å². The number of aromatic amines is 1. The van der Waals surface area contributed by atoms with Gasteiger partial charge < -0.3 is 14.8 Å². The van der Waals surface area contributed by atoms with Gasteiger partial charge >= 0.3 is 12.1 Å². The number of hydrogen-bond donors (Lipinski definition) is 2. The van der Waals surface area contributed by atoms with Crippen LogP contribution < -0.4 is 0 Å². The second kappa shape index (κ2) is 6.57. The fraction of sp³-hybridized carbons (Fsp3) is 0.474. The zero-order chi connectivity index (χ0) is 20.0. The molecule has 0 radical (unpaired) electrons. The van der Waals surface area contributed by atoms with E-state index in [1.54, 1.807) is 0 Å². The number of H-pyrrole nitrogens is 1. The summed E-state index contributed by atoms with van der Waals surface area (Å²) in [5.74, 6) is -1.35. The number of nitrogens with one attached hydrogen (secondary N) is 1. The van der Waals surface area contributed by atoms with E-state index in [2.05, 4.69) is 4.98 Å². The van der Waals surface area contributed by atoms with Crippen LogP contribution in [0.2, 0.25) is 0 Å². The largest absolute Gasteiger partial charge is 0.481 e. The van der Waals surface area contributed by atoms with Crippen molar-refractivity contribution in [1.82, 2.24) is 4.98 Å². The maximum Gasteiger partial charge on any atom is 0.417 e. The van der Waals surface area contributed by atoms with Gasteiger partial charge in [0.05, 0.1) is 35.4 Å². The monoisotopic (exact) mass is 380 g/mol. The minimum atomic E-state index is -4.59. The number of rotatable bonds is 4. The molecule has 0 amide bonds. The van der Waals surface area contributed by atoms with E-state index in [9.17, 15) is 28.3 Å². The minimum Gasteiger partial charge on any atom is -0.481 e. The predicted octanol–water partition coefficient (Wildman–Crippen LogP) is 4.35. The molecule has 0 fully saturated rings.